The molecule has 0 N–H and O–H groups in total. The Bertz CT molecular complexity index is 374. The molecule has 0 fully saturated rings. The van der Waals surface area contributed by atoms with Gasteiger partial charge in [-0.1, -0.05) is 12.1 Å². The lowest BCUT2D eigenvalue weighted by Crippen LogP contribution is -2.03. The molecular weight excluding hydrogens is 199 g/mol. The van der Waals surface area contributed by atoms with Crippen molar-refractivity contribution in [3.05, 3.63) is 34.6 Å². The number of aldehydes is 2. The van der Waals surface area contributed by atoms with Crippen LogP contribution in [0.15, 0.2) is 12.1 Å². The first-order valence-electron chi connectivity index (χ1n) is 4.42. The summed E-state index contributed by atoms with van der Waals surface area (Å²) in [6, 6.07) is 2.93. The zero-order chi connectivity index (χ0) is 11.3. The van der Waals surface area contributed by atoms with Gasteiger partial charge in [-0.05, 0) is 5.56 Å². The van der Waals surface area contributed by atoms with Crippen molar-refractivity contribution in [2.75, 3.05) is 7.11 Å². The van der Waals surface area contributed by atoms with Gasteiger partial charge in [-0.2, -0.15) is 0 Å². The van der Waals surface area contributed by atoms with Crippen LogP contribution in [0, 0.1) is 5.82 Å². The third-order valence-corrected chi connectivity index (χ3v) is 2.08. The quantitative estimate of drug-likeness (QED) is 0.692. The minimum atomic E-state index is -0.534. The second kappa shape index (κ2) is 5.36. The fourth-order valence-electron chi connectivity index (χ4n) is 1.33. The first-order chi connectivity index (χ1) is 7.24. The summed E-state index contributed by atoms with van der Waals surface area (Å²) < 4.78 is 18.5. The SMILES string of the molecule is COCc1c(C=O)ccc(CC=O)c1F. The molecule has 15 heavy (non-hydrogen) atoms. The molecule has 0 spiro atoms. The van der Waals surface area contributed by atoms with Crippen LogP contribution < -0.4 is 0 Å². The van der Waals surface area contributed by atoms with Crippen LogP contribution in [-0.2, 0) is 22.6 Å². The average Bonchev–Trinajstić information content (AvgIpc) is 2.25. The molecule has 0 heterocycles. The number of benzene rings is 1. The van der Waals surface area contributed by atoms with Gasteiger partial charge in [0.2, 0.25) is 0 Å². The smallest absolute Gasteiger partial charge is 0.150 e. The predicted molar refractivity (Wildman–Crippen MR) is 52.3 cm³/mol. The summed E-state index contributed by atoms with van der Waals surface area (Å²) in [4.78, 5) is 20.9. The van der Waals surface area contributed by atoms with E-state index < -0.39 is 5.82 Å². The lowest BCUT2D eigenvalue weighted by Gasteiger charge is -2.08. The highest BCUT2D eigenvalue weighted by Crippen LogP contribution is 2.17. The lowest BCUT2D eigenvalue weighted by atomic mass is 10.0. The fourth-order valence-corrected chi connectivity index (χ4v) is 1.33. The number of halogens is 1. The number of rotatable bonds is 5. The second-order valence-electron chi connectivity index (χ2n) is 3.03. The normalized spacial score (nSPS) is 10.0. The van der Waals surface area contributed by atoms with E-state index in [1.165, 1.54) is 19.2 Å². The lowest BCUT2D eigenvalue weighted by molar-refractivity contribution is -0.107. The molecule has 0 bridgehead atoms. The van der Waals surface area contributed by atoms with Gasteiger partial charge in [-0.25, -0.2) is 4.39 Å². The van der Waals surface area contributed by atoms with Gasteiger partial charge in [0, 0.05) is 24.7 Å². The Morgan fingerprint density at radius 2 is 2.13 bits per heavy atom. The summed E-state index contributed by atoms with van der Waals surface area (Å²) in [6.07, 6.45) is 1.19. The predicted octanol–water partition coefficient (Wildman–Crippen LogP) is 1.53. The molecular formula is C11H11FO3. The van der Waals surface area contributed by atoms with E-state index in [0.717, 1.165) is 0 Å². The van der Waals surface area contributed by atoms with Crippen LogP contribution >= 0.6 is 0 Å². The van der Waals surface area contributed by atoms with E-state index >= 15 is 0 Å². The zero-order valence-electron chi connectivity index (χ0n) is 8.33. The number of methoxy groups -OCH3 is 1. The number of carbonyl (C=O) groups is 2. The Morgan fingerprint density at radius 3 is 2.67 bits per heavy atom. The van der Waals surface area contributed by atoms with E-state index in [9.17, 15) is 14.0 Å². The van der Waals surface area contributed by atoms with Crippen molar-refractivity contribution in [1.82, 2.24) is 0 Å². The number of hydrogen-bond acceptors (Lipinski definition) is 3. The topological polar surface area (TPSA) is 43.4 Å². The van der Waals surface area contributed by atoms with Gasteiger partial charge in [0.25, 0.3) is 0 Å². The van der Waals surface area contributed by atoms with Gasteiger partial charge in [-0.15, -0.1) is 0 Å². The van der Waals surface area contributed by atoms with Crippen molar-refractivity contribution in [3.8, 4) is 0 Å². The molecule has 0 saturated heterocycles. The van der Waals surface area contributed by atoms with Crippen molar-refractivity contribution in [3.63, 3.8) is 0 Å². The van der Waals surface area contributed by atoms with Crippen molar-refractivity contribution >= 4 is 12.6 Å². The highest BCUT2D eigenvalue weighted by atomic mass is 19.1. The molecule has 4 heteroatoms. The Labute approximate surface area is 86.9 Å². The highest BCUT2D eigenvalue weighted by molar-refractivity contribution is 5.77. The van der Waals surface area contributed by atoms with Gasteiger partial charge in [0.15, 0.2) is 6.29 Å². The van der Waals surface area contributed by atoms with E-state index in [0.29, 0.717) is 12.6 Å². The fraction of sp³-hybridized carbons (Fsp3) is 0.273. The van der Waals surface area contributed by atoms with Crippen molar-refractivity contribution in [1.29, 1.82) is 0 Å². The molecule has 0 amide bonds. The molecule has 0 aliphatic carbocycles. The molecule has 0 aliphatic heterocycles. The van der Waals surface area contributed by atoms with E-state index in [4.69, 9.17) is 4.74 Å². The molecule has 3 nitrogen and oxygen atoms in total. The zero-order valence-corrected chi connectivity index (χ0v) is 8.33. The maximum atomic E-state index is 13.7. The summed E-state index contributed by atoms with van der Waals surface area (Å²) in [7, 11) is 1.42. The molecule has 1 aromatic rings. The number of ether oxygens (including phenoxy) is 1. The third-order valence-electron chi connectivity index (χ3n) is 2.08. The summed E-state index contributed by atoms with van der Waals surface area (Å²) in [5, 5.41) is 0. The highest BCUT2D eigenvalue weighted by Gasteiger charge is 2.12. The van der Waals surface area contributed by atoms with Crippen LogP contribution in [-0.4, -0.2) is 19.7 Å². The van der Waals surface area contributed by atoms with Crippen molar-refractivity contribution in [2.45, 2.75) is 13.0 Å². The molecule has 1 rings (SSSR count). The molecule has 0 radical (unpaired) electrons. The van der Waals surface area contributed by atoms with Crippen LogP contribution in [0.2, 0.25) is 0 Å². The minimum absolute atomic E-state index is 0.00167. The van der Waals surface area contributed by atoms with Crippen LogP contribution in [0.5, 0.6) is 0 Å². The van der Waals surface area contributed by atoms with Gasteiger partial charge in [0.1, 0.15) is 12.1 Å². The standard InChI is InChI=1S/C11H11FO3/c1-15-7-10-9(6-14)3-2-8(4-5-13)11(10)12/h2-3,5-6H,4,7H2,1H3. The maximum Gasteiger partial charge on any atom is 0.150 e. The minimum Gasteiger partial charge on any atom is -0.380 e. The first kappa shape index (κ1) is 11.5. The van der Waals surface area contributed by atoms with Crippen LogP contribution in [0.3, 0.4) is 0 Å². The Hall–Kier alpha value is -1.55. The summed E-state index contributed by atoms with van der Waals surface area (Å²) in [5.74, 6) is -0.534. The second-order valence-corrected chi connectivity index (χ2v) is 3.03. The number of hydrogen-bond donors (Lipinski definition) is 0. The Balaban J connectivity index is 3.21. The molecule has 0 saturated carbocycles. The van der Waals surface area contributed by atoms with Gasteiger partial charge >= 0.3 is 0 Å². The van der Waals surface area contributed by atoms with Gasteiger partial charge < -0.3 is 9.53 Å². The molecule has 0 aromatic heterocycles. The van der Waals surface area contributed by atoms with E-state index in [1.807, 2.05) is 0 Å². The van der Waals surface area contributed by atoms with Crippen LogP contribution in [0.1, 0.15) is 21.5 Å². The summed E-state index contributed by atoms with van der Waals surface area (Å²) in [5.41, 5.74) is 0.735. The summed E-state index contributed by atoms with van der Waals surface area (Å²) >= 11 is 0. The summed E-state index contributed by atoms with van der Waals surface area (Å²) in [6.45, 7) is 0.0204. The van der Waals surface area contributed by atoms with Crippen molar-refractivity contribution < 1.29 is 18.7 Å². The Kier molecular flexibility index (Phi) is 4.12. The van der Waals surface area contributed by atoms with Gasteiger partial charge in [0.05, 0.1) is 6.61 Å². The molecule has 0 atom stereocenters. The molecule has 1 aromatic carbocycles. The van der Waals surface area contributed by atoms with Crippen LogP contribution in [0.4, 0.5) is 4.39 Å². The maximum absolute atomic E-state index is 13.7. The van der Waals surface area contributed by atoms with E-state index in [1.54, 1.807) is 0 Å². The van der Waals surface area contributed by atoms with E-state index in [-0.39, 0.29) is 29.7 Å². The average molecular weight is 210 g/mol. The third kappa shape index (κ3) is 2.47. The van der Waals surface area contributed by atoms with Gasteiger partial charge in [-0.3, -0.25) is 4.79 Å². The first-order valence-corrected chi connectivity index (χ1v) is 4.42. The van der Waals surface area contributed by atoms with Crippen LogP contribution in [0.25, 0.3) is 0 Å². The Morgan fingerprint density at radius 1 is 1.40 bits per heavy atom. The molecule has 0 unspecified atom stereocenters. The van der Waals surface area contributed by atoms with Crippen molar-refractivity contribution in [2.24, 2.45) is 0 Å². The molecule has 80 valence electrons. The van der Waals surface area contributed by atoms with E-state index in [2.05, 4.69) is 0 Å². The monoisotopic (exact) mass is 210 g/mol. The largest absolute Gasteiger partial charge is 0.380 e. The molecule has 0 aliphatic rings. The number of carbonyl (C=O) groups excluding carboxylic acids is 2.